The van der Waals surface area contributed by atoms with E-state index in [0.29, 0.717) is 19.4 Å². The van der Waals surface area contributed by atoms with Crippen molar-refractivity contribution >= 4 is 29.8 Å². The van der Waals surface area contributed by atoms with Crippen LogP contribution in [0.25, 0.3) is 6.08 Å². The maximum absolute atomic E-state index is 12.8. The van der Waals surface area contributed by atoms with Gasteiger partial charge < -0.3 is 20.3 Å². The number of ether oxygens (including phenoxy) is 1. The first kappa shape index (κ1) is 27.2. The second-order valence-electron chi connectivity index (χ2n) is 8.50. The minimum Gasteiger partial charge on any atom is -0.451 e. The fraction of sp³-hybridized carbons (Fsp3) is 0.310. The van der Waals surface area contributed by atoms with Crippen molar-refractivity contribution in [2.75, 3.05) is 19.7 Å². The molecule has 2 atom stereocenters. The van der Waals surface area contributed by atoms with Gasteiger partial charge in [-0.1, -0.05) is 66.6 Å². The zero-order chi connectivity index (χ0) is 26.5. The fourth-order valence-corrected chi connectivity index (χ4v) is 3.98. The van der Waals surface area contributed by atoms with E-state index < -0.39 is 29.9 Å². The molecule has 0 radical (unpaired) electrons. The molecule has 2 aromatic carbocycles. The normalized spacial score (nSPS) is 15.4. The number of nitrogens with one attached hydrogen (secondary N) is 2. The van der Waals surface area contributed by atoms with Gasteiger partial charge >= 0.3 is 5.97 Å². The van der Waals surface area contributed by atoms with Gasteiger partial charge in [0.25, 0.3) is 0 Å². The van der Waals surface area contributed by atoms with E-state index in [2.05, 4.69) is 22.5 Å². The number of nitrogens with zero attached hydrogens (tertiary/aromatic N) is 1. The van der Waals surface area contributed by atoms with Crippen LogP contribution in [-0.2, 0) is 30.3 Å². The first-order valence-electron chi connectivity index (χ1n) is 12.2. The largest absolute Gasteiger partial charge is 0.451 e. The highest BCUT2D eigenvalue weighted by atomic mass is 16.5. The van der Waals surface area contributed by atoms with Crippen molar-refractivity contribution in [1.29, 1.82) is 0 Å². The van der Waals surface area contributed by atoms with Gasteiger partial charge in [-0.3, -0.25) is 14.4 Å². The molecule has 0 aliphatic carbocycles. The Hall–Kier alpha value is -4.38. The van der Waals surface area contributed by atoms with Crippen molar-refractivity contribution in [2.24, 2.45) is 0 Å². The van der Waals surface area contributed by atoms with Gasteiger partial charge in [-0.25, -0.2) is 4.79 Å². The molecular weight excluding hydrogens is 470 g/mol. The molecule has 8 nitrogen and oxygen atoms in total. The monoisotopic (exact) mass is 501 g/mol. The summed E-state index contributed by atoms with van der Waals surface area (Å²) in [5.74, 6) is 3.49. The number of esters is 1. The van der Waals surface area contributed by atoms with Crippen molar-refractivity contribution in [3.8, 4) is 11.8 Å². The van der Waals surface area contributed by atoms with E-state index in [-0.39, 0.29) is 25.5 Å². The molecule has 37 heavy (non-hydrogen) atoms. The van der Waals surface area contributed by atoms with E-state index in [9.17, 15) is 19.2 Å². The number of rotatable bonds is 10. The van der Waals surface area contributed by atoms with Gasteiger partial charge in [-0.15, -0.1) is 5.92 Å². The van der Waals surface area contributed by atoms with Gasteiger partial charge in [0.05, 0.1) is 6.54 Å². The lowest BCUT2D eigenvalue weighted by molar-refractivity contribution is -0.146. The lowest BCUT2D eigenvalue weighted by atomic mass is 10.1. The van der Waals surface area contributed by atoms with Crippen LogP contribution in [0.1, 0.15) is 30.9 Å². The highest BCUT2D eigenvalue weighted by molar-refractivity contribution is 5.97. The number of carbonyl (C=O) groups is 4. The molecule has 1 fully saturated rings. The Morgan fingerprint density at radius 3 is 2.49 bits per heavy atom. The van der Waals surface area contributed by atoms with E-state index in [4.69, 9.17) is 4.74 Å². The summed E-state index contributed by atoms with van der Waals surface area (Å²) in [6, 6.07) is 17.1. The molecule has 0 aromatic heterocycles. The van der Waals surface area contributed by atoms with Crippen LogP contribution in [-0.4, -0.2) is 60.4 Å². The van der Waals surface area contributed by atoms with E-state index >= 15 is 0 Å². The van der Waals surface area contributed by atoms with Crippen LogP contribution >= 0.6 is 0 Å². The van der Waals surface area contributed by atoms with E-state index in [0.717, 1.165) is 11.1 Å². The summed E-state index contributed by atoms with van der Waals surface area (Å²) in [6.07, 6.45) is 4.61. The zero-order valence-corrected chi connectivity index (χ0v) is 20.8. The molecule has 3 rings (SSSR count). The minimum atomic E-state index is -0.932. The first-order valence-corrected chi connectivity index (χ1v) is 12.2. The lowest BCUT2D eigenvalue weighted by Gasteiger charge is -2.23. The molecule has 0 saturated carbocycles. The molecule has 2 aromatic rings. The summed E-state index contributed by atoms with van der Waals surface area (Å²) in [7, 11) is 0. The third-order valence-electron chi connectivity index (χ3n) is 5.85. The Bertz CT molecular complexity index is 1170. The second kappa shape index (κ2) is 14.2. The third kappa shape index (κ3) is 8.65. The molecule has 0 unspecified atom stereocenters. The summed E-state index contributed by atoms with van der Waals surface area (Å²) < 4.78 is 5.15. The number of hydrogen-bond donors (Lipinski definition) is 2. The molecule has 192 valence electrons. The van der Waals surface area contributed by atoms with Crippen LogP contribution in [0.3, 0.4) is 0 Å². The molecule has 1 aliphatic heterocycles. The van der Waals surface area contributed by atoms with Crippen molar-refractivity contribution in [1.82, 2.24) is 15.5 Å². The van der Waals surface area contributed by atoms with E-state index in [1.54, 1.807) is 13.0 Å². The molecule has 1 aliphatic rings. The number of carbonyl (C=O) groups excluding carboxylic acids is 4. The van der Waals surface area contributed by atoms with Crippen molar-refractivity contribution in [3.63, 3.8) is 0 Å². The molecule has 0 spiro atoms. The van der Waals surface area contributed by atoms with Crippen LogP contribution in [0.4, 0.5) is 0 Å². The van der Waals surface area contributed by atoms with E-state index in [1.807, 2.05) is 60.7 Å². The number of hydrogen-bond acceptors (Lipinski definition) is 5. The summed E-state index contributed by atoms with van der Waals surface area (Å²) >= 11 is 0. The van der Waals surface area contributed by atoms with Crippen molar-refractivity contribution < 1.29 is 23.9 Å². The molecule has 2 N–H and O–H groups in total. The topological polar surface area (TPSA) is 105 Å². The van der Waals surface area contributed by atoms with Crippen LogP contribution < -0.4 is 10.6 Å². The van der Waals surface area contributed by atoms with Gasteiger partial charge in [-0.05, 0) is 37.0 Å². The molecular formula is C29H31N3O5. The highest BCUT2D eigenvalue weighted by Gasteiger charge is 2.33. The average molecular weight is 502 g/mol. The quantitative estimate of drug-likeness (QED) is 0.295. The fourth-order valence-electron chi connectivity index (χ4n) is 3.98. The molecule has 1 saturated heterocycles. The number of amides is 3. The average Bonchev–Trinajstić information content (AvgIpc) is 3.42. The predicted octanol–water partition coefficient (Wildman–Crippen LogP) is 2.10. The summed E-state index contributed by atoms with van der Waals surface area (Å²) in [6.45, 7) is 1.70. The minimum absolute atomic E-state index is 0.0719. The molecule has 0 bridgehead atoms. The Kier molecular flexibility index (Phi) is 10.5. The van der Waals surface area contributed by atoms with Crippen LogP contribution in [0.5, 0.6) is 0 Å². The SMILES string of the molecule is CC#CCOC(=O)[C@H](Cc1ccccc1)NC(=O)CNC(=O)[C@@H]1CCCN1C(=O)/C=C/c1ccccc1. The zero-order valence-electron chi connectivity index (χ0n) is 20.8. The predicted molar refractivity (Wildman–Crippen MR) is 140 cm³/mol. The smallest absolute Gasteiger partial charge is 0.329 e. The van der Waals surface area contributed by atoms with Gasteiger partial charge in [0.15, 0.2) is 6.61 Å². The van der Waals surface area contributed by atoms with Crippen LogP contribution in [0, 0.1) is 11.8 Å². The summed E-state index contributed by atoms with van der Waals surface area (Å²) in [5, 5.41) is 5.24. The summed E-state index contributed by atoms with van der Waals surface area (Å²) in [5.41, 5.74) is 1.73. The molecule has 1 heterocycles. The van der Waals surface area contributed by atoms with Crippen molar-refractivity contribution in [2.45, 2.75) is 38.3 Å². The van der Waals surface area contributed by atoms with Crippen molar-refractivity contribution in [3.05, 3.63) is 77.9 Å². The maximum Gasteiger partial charge on any atom is 0.329 e. The standard InChI is InChI=1S/C29H31N3O5/c1-2-3-19-37-29(36)24(20-23-13-8-5-9-14-23)31-26(33)21-30-28(35)25-15-10-18-32(25)27(34)17-16-22-11-6-4-7-12-22/h4-9,11-14,16-17,24-25H,10,15,18-21H2,1H3,(H,30,35)(H,31,33)/b17-16+/t24-,25-/m0/s1. The highest BCUT2D eigenvalue weighted by Crippen LogP contribution is 2.18. The van der Waals surface area contributed by atoms with Gasteiger partial charge in [0.2, 0.25) is 17.7 Å². The van der Waals surface area contributed by atoms with Gasteiger partial charge in [0, 0.05) is 19.0 Å². The Labute approximate surface area is 217 Å². The Morgan fingerprint density at radius 2 is 1.78 bits per heavy atom. The molecule has 3 amide bonds. The Morgan fingerprint density at radius 1 is 1.08 bits per heavy atom. The second-order valence-corrected chi connectivity index (χ2v) is 8.50. The van der Waals surface area contributed by atoms with E-state index in [1.165, 1.54) is 11.0 Å². The number of likely N-dealkylation sites (tertiary alicyclic amines) is 1. The molecule has 8 heteroatoms. The van der Waals surface area contributed by atoms with Crippen LogP contribution in [0.15, 0.2) is 66.7 Å². The summed E-state index contributed by atoms with van der Waals surface area (Å²) in [4.78, 5) is 52.2. The Balaban J connectivity index is 1.55. The number of benzene rings is 2. The first-order chi connectivity index (χ1) is 18.0. The van der Waals surface area contributed by atoms with Gasteiger partial charge in [0.1, 0.15) is 12.1 Å². The van der Waals surface area contributed by atoms with Crippen LogP contribution in [0.2, 0.25) is 0 Å². The van der Waals surface area contributed by atoms with Gasteiger partial charge in [-0.2, -0.15) is 0 Å². The lowest BCUT2D eigenvalue weighted by Crippen LogP contribution is -2.50. The third-order valence-corrected chi connectivity index (χ3v) is 5.85. The maximum atomic E-state index is 12.8.